The van der Waals surface area contributed by atoms with Crippen LogP contribution >= 0.6 is 0 Å². The second-order valence-electron chi connectivity index (χ2n) is 14.0. The van der Waals surface area contributed by atoms with Gasteiger partial charge in [-0.2, -0.15) is 4.98 Å². The minimum atomic E-state index is -2.59. The van der Waals surface area contributed by atoms with Crippen molar-refractivity contribution in [2.45, 2.75) is 68.5 Å². The molecule has 6 rings (SSSR count). The number of fused-ring (bicyclic) bond motifs is 1. The number of rotatable bonds is 10. The Balaban J connectivity index is 1.50. The van der Waals surface area contributed by atoms with E-state index in [-0.39, 0.29) is 22.2 Å². The Bertz CT molecular complexity index is 2020. The van der Waals surface area contributed by atoms with Gasteiger partial charge in [-0.05, 0) is 47.0 Å². The SMILES string of the molecule is C#C[C@]1(CO)O[C@@H](n2cnc3c(=O)[nH]c(NC(c4ccccc4)(c4ccccc4)c4ccc(OC)cc4)nc32)[C@@H](F)[C@@H]1O[Si](C)(C)C(C)(C)C. The first-order valence-electron chi connectivity index (χ1n) is 16.4. The molecule has 260 valence electrons. The summed E-state index contributed by atoms with van der Waals surface area (Å²) in [4.78, 5) is 25.6. The number of aliphatic hydroxyl groups is 1. The van der Waals surface area contributed by atoms with Gasteiger partial charge in [-0.1, -0.05) is 99.5 Å². The molecular formula is C38H42FN5O5Si. The van der Waals surface area contributed by atoms with Crippen LogP contribution in [0.5, 0.6) is 5.75 Å². The number of aliphatic hydroxyl groups excluding tert-OH is 1. The van der Waals surface area contributed by atoms with E-state index in [4.69, 9.17) is 25.3 Å². The predicted octanol–water partition coefficient (Wildman–Crippen LogP) is 6.15. The number of methoxy groups -OCH3 is 1. The van der Waals surface area contributed by atoms with Gasteiger partial charge in [0.15, 0.2) is 37.5 Å². The maximum absolute atomic E-state index is 16.7. The number of aromatic amines is 1. The highest BCUT2D eigenvalue weighted by Crippen LogP contribution is 2.46. The van der Waals surface area contributed by atoms with Gasteiger partial charge in [-0.15, -0.1) is 6.42 Å². The summed E-state index contributed by atoms with van der Waals surface area (Å²) < 4.78 is 36.2. The van der Waals surface area contributed by atoms with E-state index in [1.807, 2.05) is 119 Å². The number of H-pyrrole nitrogens is 1. The maximum atomic E-state index is 16.7. The number of nitrogens with zero attached hydrogens (tertiary/aromatic N) is 3. The molecule has 0 amide bonds. The Morgan fingerprint density at radius 1 is 1.04 bits per heavy atom. The number of nitrogens with one attached hydrogen (secondary N) is 2. The second-order valence-corrected chi connectivity index (χ2v) is 18.8. The number of anilines is 1. The van der Waals surface area contributed by atoms with Crippen molar-refractivity contribution in [2.24, 2.45) is 0 Å². The molecular weight excluding hydrogens is 654 g/mol. The fraction of sp³-hybridized carbons (Fsp3) is 0.342. The third-order valence-electron chi connectivity index (χ3n) is 10.0. The van der Waals surface area contributed by atoms with Crippen molar-refractivity contribution < 1.29 is 23.4 Å². The molecule has 50 heavy (non-hydrogen) atoms. The average Bonchev–Trinajstić information content (AvgIpc) is 3.66. The van der Waals surface area contributed by atoms with Gasteiger partial charge in [0.25, 0.3) is 5.56 Å². The zero-order valence-corrected chi connectivity index (χ0v) is 30.0. The number of aromatic nitrogens is 4. The minimum Gasteiger partial charge on any atom is -0.497 e. The molecule has 3 aromatic carbocycles. The summed E-state index contributed by atoms with van der Waals surface area (Å²) >= 11 is 0. The van der Waals surface area contributed by atoms with Gasteiger partial charge in [0.05, 0.1) is 20.0 Å². The summed E-state index contributed by atoms with van der Waals surface area (Å²) in [6, 6.07) is 27.2. The lowest BCUT2D eigenvalue weighted by Gasteiger charge is -2.41. The largest absolute Gasteiger partial charge is 0.497 e. The van der Waals surface area contributed by atoms with Crippen LogP contribution in [-0.4, -0.2) is 64.5 Å². The molecule has 1 fully saturated rings. The summed E-state index contributed by atoms with van der Waals surface area (Å²) in [5.41, 5.74) is -0.784. The predicted molar refractivity (Wildman–Crippen MR) is 193 cm³/mol. The molecule has 3 N–H and O–H groups in total. The van der Waals surface area contributed by atoms with E-state index in [2.05, 4.69) is 21.2 Å². The lowest BCUT2D eigenvalue weighted by atomic mass is 9.77. The van der Waals surface area contributed by atoms with Crippen LogP contribution in [0.2, 0.25) is 18.1 Å². The Labute approximate surface area is 291 Å². The van der Waals surface area contributed by atoms with Crippen molar-refractivity contribution in [3.63, 3.8) is 0 Å². The molecule has 0 radical (unpaired) electrons. The van der Waals surface area contributed by atoms with Gasteiger partial charge >= 0.3 is 0 Å². The van der Waals surface area contributed by atoms with Crippen molar-refractivity contribution in [3.05, 3.63) is 118 Å². The molecule has 0 spiro atoms. The van der Waals surface area contributed by atoms with E-state index < -0.39 is 50.1 Å². The van der Waals surface area contributed by atoms with Gasteiger partial charge in [0.1, 0.15) is 17.4 Å². The zero-order chi connectivity index (χ0) is 35.9. The van der Waals surface area contributed by atoms with Crippen LogP contribution in [0.4, 0.5) is 10.3 Å². The first kappa shape index (κ1) is 35.0. The second kappa shape index (κ2) is 13.1. The quantitative estimate of drug-likeness (QED) is 0.0903. The molecule has 1 aliphatic heterocycles. The smallest absolute Gasteiger partial charge is 0.280 e. The number of alkyl halides is 1. The normalized spacial score (nSPS) is 21.2. The third kappa shape index (κ3) is 5.90. The molecule has 0 aliphatic carbocycles. The van der Waals surface area contributed by atoms with Crippen LogP contribution < -0.4 is 15.6 Å². The van der Waals surface area contributed by atoms with E-state index in [0.717, 1.165) is 16.7 Å². The fourth-order valence-corrected chi connectivity index (χ4v) is 7.50. The highest BCUT2D eigenvalue weighted by Gasteiger charge is 2.59. The summed E-state index contributed by atoms with van der Waals surface area (Å²) in [5, 5.41) is 13.8. The van der Waals surface area contributed by atoms with Crippen molar-refractivity contribution in [2.75, 3.05) is 19.0 Å². The number of terminal acetylenes is 1. The molecule has 5 aromatic rings. The average molecular weight is 696 g/mol. The van der Waals surface area contributed by atoms with Crippen LogP contribution in [0.15, 0.2) is 96.1 Å². The standard InChI is InChI=1S/C38H42FN5O5Si/c1-8-37(23-45)31(49-50(6,7)36(2,3)4)29(39)34(48-37)44-24-40-30-32(44)41-35(42-33(30)46)43-38(25-15-11-9-12-16-25,26-17-13-10-14-18-26)27-19-21-28(47-5)22-20-27/h1,9-22,24,29,31,34,45H,23H2,2-7H3,(H2,41,42,43,46)/t29-,31-,34+,37+/m0/s1. The Morgan fingerprint density at radius 3 is 2.14 bits per heavy atom. The highest BCUT2D eigenvalue weighted by atomic mass is 28.4. The molecule has 12 heteroatoms. The number of hydrogen-bond donors (Lipinski definition) is 3. The molecule has 0 unspecified atom stereocenters. The summed E-state index contributed by atoms with van der Waals surface area (Å²) in [6.45, 7) is 9.37. The third-order valence-corrected chi connectivity index (χ3v) is 14.5. The minimum absolute atomic E-state index is 0.0232. The molecule has 1 saturated heterocycles. The van der Waals surface area contributed by atoms with E-state index >= 15 is 4.39 Å². The number of halogens is 1. The first-order valence-corrected chi connectivity index (χ1v) is 19.3. The summed E-state index contributed by atoms with van der Waals surface area (Å²) in [5.74, 6) is 3.26. The van der Waals surface area contributed by atoms with Gasteiger partial charge in [-0.25, -0.2) is 9.37 Å². The number of ether oxygens (including phenoxy) is 2. The Hall–Kier alpha value is -4.80. The van der Waals surface area contributed by atoms with E-state index in [9.17, 15) is 9.90 Å². The summed E-state index contributed by atoms with van der Waals surface area (Å²) in [7, 11) is -0.984. The molecule has 2 aromatic heterocycles. The topological polar surface area (TPSA) is 124 Å². The lowest BCUT2D eigenvalue weighted by Crippen LogP contribution is -2.54. The molecule has 4 atom stereocenters. The fourth-order valence-electron chi connectivity index (χ4n) is 6.19. The van der Waals surface area contributed by atoms with Gasteiger partial charge < -0.3 is 24.3 Å². The number of hydrogen-bond acceptors (Lipinski definition) is 8. The van der Waals surface area contributed by atoms with Crippen molar-refractivity contribution in [3.8, 4) is 18.1 Å². The van der Waals surface area contributed by atoms with E-state index in [1.165, 1.54) is 10.9 Å². The van der Waals surface area contributed by atoms with Crippen LogP contribution in [-0.2, 0) is 14.7 Å². The van der Waals surface area contributed by atoms with Crippen LogP contribution in [0.3, 0.4) is 0 Å². The monoisotopic (exact) mass is 695 g/mol. The van der Waals surface area contributed by atoms with E-state index in [1.54, 1.807) is 7.11 Å². The first-order chi connectivity index (χ1) is 23.8. The van der Waals surface area contributed by atoms with Crippen LogP contribution in [0.1, 0.15) is 43.7 Å². The van der Waals surface area contributed by atoms with Crippen molar-refractivity contribution in [1.29, 1.82) is 0 Å². The van der Waals surface area contributed by atoms with E-state index in [0.29, 0.717) is 5.75 Å². The number of benzene rings is 3. The number of imidazole rings is 1. The Kier molecular flexibility index (Phi) is 9.21. The highest BCUT2D eigenvalue weighted by molar-refractivity contribution is 6.74. The van der Waals surface area contributed by atoms with Gasteiger partial charge in [0.2, 0.25) is 5.95 Å². The Morgan fingerprint density at radius 2 is 1.62 bits per heavy atom. The molecule has 3 heterocycles. The van der Waals surface area contributed by atoms with Crippen molar-refractivity contribution in [1.82, 2.24) is 19.5 Å². The van der Waals surface area contributed by atoms with Gasteiger partial charge in [-0.3, -0.25) is 14.3 Å². The van der Waals surface area contributed by atoms with Crippen LogP contribution in [0.25, 0.3) is 11.2 Å². The molecule has 1 aliphatic rings. The zero-order valence-electron chi connectivity index (χ0n) is 29.0. The lowest BCUT2D eigenvalue weighted by molar-refractivity contribution is -0.0878. The van der Waals surface area contributed by atoms with Gasteiger partial charge in [0, 0.05) is 0 Å². The molecule has 0 saturated carbocycles. The maximum Gasteiger partial charge on any atom is 0.280 e. The van der Waals surface area contributed by atoms with Crippen LogP contribution in [0, 0.1) is 12.3 Å². The molecule has 0 bridgehead atoms. The summed E-state index contributed by atoms with van der Waals surface area (Å²) in [6.07, 6.45) is 2.71. The van der Waals surface area contributed by atoms with Crippen molar-refractivity contribution >= 4 is 25.4 Å². The molecule has 10 nitrogen and oxygen atoms in total.